The number of nitrogens with one attached hydrogen (secondary N) is 3. The first-order valence-electron chi connectivity index (χ1n) is 17.2. The van der Waals surface area contributed by atoms with Crippen molar-refractivity contribution in [1.29, 1.82) is 0 Å². The molecule has 1 aromatic carbocycles. The van der Waals surface area contributed by atoms with Gasteiger partial charge in [0.1, 0.15) is 22.8 Å². The van der Waals surface area contributed by atoms with Gasteiger partial charge in [0.15, 0.2) is 0 Å². The summed E-state index contributed by atoms with van der Waals surface area (Å²) in [6, 6.07) is 2.39. The van der Waals surface area contributed by atoms with Crippen LogP contribution in [0, 0.1) is 11.8 Å². The molecule has 18 heteroatoms. The van der Waals surface area contributed by atoms with Gasteiger partial charge in [-0.25, -0.2) is 18.1 Å². The smallest absolute Gasteiger partial charge is 0.371 e. The van der Waals surface area contributed by atoms with E-state index < -0.39 is 45.1 Å². The summed E-state index contributed by atoms with van der Waals surface area (Å²) in [7, 11) is -0.850. The van der Waals surface area contributed by atoms with Crippen molar-refractivity contribution in [3.05, 3.63) is 40.3 Å². The number of hydrogen-bond acceptors (Lipinski definition) is 10. The van der Waals surface area contributed by atoms with Crippen LogP contribution in [0.25, 0.3) is 0 Å². The number of piperidine rings is 1. The van der Waals surface area contributed by atoms with E-state index in [1.807, 2.05) is 44.4 Å². The first-order valence-corrected chi connectivity index (χ1v) is 19.6. The monoisotopic (exact) mass is 774 g/mol. The molecule has 1 fully saturated rings. The maximum atomic E-state index is 14.1. The molecule has 2 heterocycles. The third-order valence-corrected chi connectivity index (χ3v) is 11.5. The van der Waals surface area contributed by atoms with Crippen molar-refractivity contribution in [2.45, 2.75) is 102 Å². The van der Waals surface area contributed by atoms with Crippen LogP contribution in [-0.4, -0.2) is 98.4 Å². The topological polar surface area (TPSA) is 167 Å². The highest BCUT2D eigenvalue weighted by Crippen LogP contribution is 2.31. The lowest BCUT2D eigenvalue weighted by molar-refractivity contribution is -0.167. The Morgan fingerprint density at radius 3 is 2.31 bits per heavy atom. The molecule has 3 rings (SSSR count). The van der Waals surface area contributed by atoms with Gasteiger partial charge in [-0.05, 0) is 69.5 Å². The van der Waals surface area contributed by atoms with Gasteiger partial charge in [-0.1, -0.05) is 40.5 Å². The molecule has 3 N–H and O–H groups in total. The Bertz CT molecular complexity index is 1650. The highest BCUT2D eigenvalue weighted by Gasteiger charge is 2.39. The van der Waals surface area contributed by atoms with Crippen molar-refractivity contribution in [2.75, 3.05) is 32.6 Å². The van der Waals surface area contributed by atoms with Gasteiger partial charge in [-0.15, -0.1) is 11.3 Å². The van der Waals surface area contributed by atoms with E-state index in [4.69, 9.17) is 4.74 Å². The van der Waals surface area contributed by atoms with Crippen molar-refractivity contribution in [1.82, 2.24) is 24.8 Å². The lowest BCUT2D eigenvalue weighted by Gasteiger charge is -2.38. The van der Waals surface area contributed by atoms with Gasteiger partial charge in [0.2, 0.25) is 11.8 Å². The van der Waals surface area contributed by atoms with Crippen LogP contribution in [0.4, 0.5) is 18.9 Å². The Morgan fingerprint density at radius 1 is 1.10 bits per heavy atom. The number of aromatic nitrogens is 1. The Balaban J connectivity index is 1.75. The Morgan fingerprint density at radius 2 is 1.75 bits per heavy atom. The number of carbonyl (C=O) groups excluding carboxylic acids is 4. The maximum Gasteiger partial charge on any atom is 0.471 e. The minimum Gasteiger partial charge on any atom is -0.371 e. The average molecular weight is 775 g/mol. The number of thiazole rings is 1. The normalized spacial score (nSPS) is 17.9. The van der Waals surface area contributed by atoms with Gasteiger partial charge in [-0.3, -0.25) is 24.1 Å². The van der Waals surface area contributed by atoms with Crippen molar-refractivity contribution < 1.29 is 45.5 Å². The molecule has 0 saturated carbocycles. The number of alkyl halides is 3. The largest absolute Gasteiger partial charge is 0.471 e. The van der Waals surface area contributed by atoms with Crippen LogP contribution >= 0.6 is 11.3 Å². The van der Waals surface area contributed by atoms with Gasteiger partial charge in [0.25, 0.3) is 15.9 Å². The predicted octanol–water partition coefficient (Wildman–Crippen LogP) is 4.73. The van der Waals surface area contributed by atoms with Crippen LogP contribution in [0.15, 0.2) is 34.5 Å². The average Bonchev–Trinajstić information content (AvgIpc) is 3.58. The Hall–Kier alpha value is -3.61. The Labute approximate surface area is 307 Å². The number of nitrogens with zero attached hydrogens (tertiary/aromatic N) is 3. The molecule has 1 saturated heterocycles. The molecule has 1 aliphatic heterocycles. The number of hydrogen-bond donors (Lipinski definition) is 3. The molecule has 0 unspecified atom stereocenters. The number of benzene rings is 1. The number of rotatable bonds is 16. The highest BCUT2D eigenvalue weighted by atomic mass is 32.2. The van der Waals surface area contributed by atoms with Crippen LogP contribution < -0.4 is 15.4 Å². The molecule has 0 radical (unpaired) electrons. The van der Waals surface area contributed by atoms with E-state index in [0.717, 1.165) is 61.4 Å². The fourth-order valence-corrected chi connectivity index (χ4v) is 7.77. The van der Waals surface area contributed by atoms with Crippen molar-refractivity contribution in [3.8, 4) is 0 Å². The quantitative estimate of drug-likeness (QED) is 0.219. The number of ether oxygens (including phenoxy) is 1. The fourth-order valence-electron chi connectivity index (χ4n) is 5.95. The van der Waals surface area contributed by atoms with E-state index in [0.29, 0.717) is 17.8 Å². The number of anilines is 1. The zero-order valence-electron chi connectivity index (χ0n) is 30.5. The number of likely N-dealkylation sites (tertiary alicyclic amines) is 1. The Kier molecular flexibility index (Phi) is 15.2. The molecule has 52 heavy (non-hydrogen) atoms. The first kappa shape index (κ1) is 42.8. The van der Waals surface area contributed by atoms with E-state index in [9.17, 15) is 40.8 Å². The van der Waals surface area contributed by atoms with Crippen LogP contribution in [0.5, 0.6) is 0 Å². The number of amides is 4. The number of sulfonamides is 1. The van der Waals surface area contributed by atoms with Crippen molar-refractivity contribution in [3.63, 3.8) is 0 Å². The minimum atomic E-state index is -5.13. The third kappa shape index (κ3) is 11.2. The summed E-state index contributed by atoms with van der Waals surface area (Å²) in [4.78, 5) is 59.2. The molecule has 290 valence electrons. The second-order valence-corrected chi connectivity index (χ2v) is 15.9. The summed E-state index contributed by atoms with van der Waals surface area (Å²) in [5.74, 6) is -3.83. The number of likely N-dealkylation sites (N-methyl/N-ethyl adjacent to an activating group) is 2. The molecule has 5 atom stereocenters. The molecular formula is C34H49F3N6O7S2. The predicted molar refractivity (Wildman–Crippen MR) is 190 cm³/mol. The van der Waals surface area contributed by atoms with Gasteiger partial charge >= 0.3 is 12.1 Å². The maximum absolute atomic E-state index is 14.1. The van der Waals surface area contributed by atoms with Gasteiger partial charge in [0.05, 0.1) is 10.9 Å². The molecule has 1 aromatic heterocycles. The second-order valence-electron chi connectivity index (χ2n) is 13.3. The summed E-state index contributed by atoms with van der Waals surface area (Å²) in [5, 5.41) is 6.42. The van der Waals surface area contributed by atoms with Crippen LogP contribution in [0.2, 0.25) is 0 Å². The lowest BCUT2D eigenvalue weighted by atomic mass is 9.92. The van der Waals surface area contributed by atoms with Gasteiger partial charge in [-0.2, -0.15) is 13.2 Å². The highest BCUT2D eigenvalue weighted by molar-refractivity contribution is 7.90. The summed E-state index contributed by atoms with van der Waals surface area (Å²) >= 11 is 1.08. The third-order valence-electron chi connectivity index (χ3n) is 9.22. The molecule has 4 amide bonds. The molecule has 0 bridgehead atoms. The van der Waals surface area contributed by atoms with E-state index >= 15 is 0 Å². The summed E-state index contributed by atoms with van der Waals surface area (Å²) in [6.07, 6.45) is -2.13. The van der Waals surface area contributed by atoms with Crippen molar-refractivity contribution in [2.24, 2.45) is 11.8 Å². The molecule has 13 nitrogen and oxygen atoms in total. The van der Waals surface area contributed by atoms with E-state index in [2.05, 4.69) is 10.3 Å². The standard InChI is InChI=1S/C34H49F3N6O7S2/c1-8-21(5)28(40-30(45)25-12-10-11-17-42(25)6)32(46)43(7)26(20(3)4)18-27(50-9-2)31-39-24(19-51-31)29(44)41-52(48,49)23-15-13-22(14-16-23)38-33(47)34(35,36)37/h13-16,19-21,25-28H,8-12,17-18H2,1-7H3,(H,38,47)(H,40,45)(H,41,44)/t21-,25+,26+,27+,28-/m0/s1. The summed E-state index contributed by atoms with van der Waals surface area (Å²) < 4.78 is 71.3. The first-order chi connectivity index (χ1) is 24.3. The molecular weight excluding hydrogens is 726 g/mol. The van der Waals surface area contributed by atoms with E-state index in [1.165, 1.54) is 5.38 Å². The van der Waals surface area contributed by atoms with Gasteiger partial charge in [0, 0.05) is 37.2 Å². The number of halogens is 3. The summed E-state index contributed by atoms with van der Waals surface area (Å²) in [5.41, 5.74) is -0.502. The number of carbonyl (C=O) groups is 4. The van der Waals surface area contributed by atoms with E-state index in [-0.39, 0.29) is 53.7 Å². The molecule has 0 aliphatic carbocycles. The lowest BCUT2D eigenvalue weighted by Crippen LogP contribution is -2.58. The van der Waals surface area contributed by atoms with Crippen molar-refractivity contribution >= 4 is 50.7 Å². The second kappa shape index (κ2) is 18.4. The van der Waals surface area contributed by atoms with Crippen LogP contribution in [-0.2, 0) is 29.1 Å². The summed E-state index contributed by atoms with van der Waals surface area (Å²) in [6.45, 7) is 10.7. The molecule has 2 aromatic rings. The fraction of sp³-hybridized carbons (Fsp3) is 0.618. The van der Waals surface area contributed by atoms with Crippen LogP contribution in [0.3, 0.4) is 0 Å². The van der Waals surface area contributed by atoms with E-state index in [1.54, 1.807) is 24.2 Å². The molecule has 0 spiro atoms. The minimum absolute atomic E-state index is 0.0456. The van der Waals surface area contributed by atoms with Gasteiger partial charge < -0.3 is 20.3 Å². The van der Waals surface area contributed by atoms with Crippen LogP contribution in [0.1, 0.15) is 88.3 Å². The zero-order valence-corrected chi connectivity index (χ0v) is 32.1. The molecule has 1 aliphatic rings. The zero-order chi connectivity index (χ0) is 39.0. The SMILES string of the molecule is CCO[C@H](C[C@H](C(C)C)N(C)C(=O)[C@@H](NC(=O)[C@H]1CCCCN1C)[C@@H](C)CC)c1nc(C(=O)NS(=O)(=O)c2ccc(NC(=O)C(F)(F)F)cc2)cs1.